The van der Waals surface area contributed by atoms with Crippen LogP contribution in [-0.4, -0.2) is 21.6 Å². The number of benzene rings is 3. The fraction of sp³-hybridized carbons (Fsp3) is 0.345. The summed E-state index contributed by atoms with van der Waals surface area (Å²) < 4.78 is 13.7. The zero-order chi connectivity index (χ0) is 24.3. The van der Waals surface area contributed by atoms with Crippen LogP contribution < -0.4 is 10.4 Å². The monoisotopic (exact) mass is 535 g/mol. The number of aryl methyl sites for hydroxylation is 1. The molecule has 0 aliphatic heterocycles. The van der Waals surface area contributed by atoms with Gasteiger partial charge < -0.3 is 9.16 Å². The van der Waals surface area contributed by atoms with Crippen molar-refractivity contribution in [3.8, 4) is 0 Å². The summed E-state index contributed by atoms with van der Waals surface area (Å²) in [5.41, 5.74) is 2.94. The van der Waals surface area contributed by atoms with Crippen LogP contribution in [0.25, 0.3) is 0 Å². The minimum atomic E-state index is -1.62. The number of fused-ring (bicyclic) bond motifs is 1. The van der Waals surface area contributed by atoms with Crippen molar-refractivity contribution in [2.24, 2.45) is 0 Å². The number of hydrogen-bond donors (Lipinski definition) is 0. The average molecular weight is 537 g/mol. The van der Waals surface area contributed by atoms with E-state index in [2.05, 4.69) is 97.4 Å². The molecule has 4 rings (SSSR count). The van der Waals surface area contributed by atoms with Crippen molar-refractivity contribution in [3.05, 3.63) is 94.0 Å². The summed E-state index contributed by atoms with van der Waals surface area (Å²) in [6.07, 6.45) is 1.85. The molecule has 1 aliphatic carbocycles. The van der Waals surface area contributed by atoms with Crippen LogP contribution in [0.5, 0.6) is 0 Å². The van der Waals surface area contributed by atoms with Gasteiger partial charge in [-0.25, -0.2) is 0 Å². The molecule has 34 heavy (non-hydrogen) atoms. The fourth-order valence-electron chi connectivity index (χ4n) is 4.72. The Balaban J connectivity index is 1.83. The van der Waals surface area contributed by atoms with Crippen LogP contribution in [0, 0.1) is 0 Å². The molecular formula is C29H32BrO3Si. The highest BCUT2D eigenvalue weighted by atomic mass is 79.9. The van der Waals surface area contributed by atoms with E-state index in [1.54, 1.807) is 0 Å². The first-order chi connectivity index (χ1) is 16.2. The first-order valence-corrected chi connectivity index (χ1v) is 14.1. The molecule has 0 amide bonds. The van der Waals surface area contributed by atoms with Crippen molar-refractivity contribution in [2.75, 3.05) is 6.61 Å². The van der Waals surface area contributed by atoms with E-state index in [0.717, 1.165) is 22.9 Å². The van der Waals surface area contributed by atoms with E-state index < -0.39 is 14.6 Å². The Bertz CT molecular complexity index is 1100. The molecule has 3 nitrogen and oxygen atoms in total. The van der Waals surface area contributed by atoms with E-state index >= 15 is 0 Å². The lowest BCUT2D eigenvalue weighted by atomic mass is 9.84. The van der Waals surface area contributed by atoms with Crippen molar-refractivity contribution in [2.45, 2.75) is 58.0 Å². The van der Waals surface area contributed by atoms with Crippen LogP contribution in [0.3, 0.4) is 0 Å². The maximum atomic E-state index is 12.9. The van der Waals surface area contributed by atoms with Crippen molar-refractivity contribution in [1.82, 2.24) is 0 Å². The maximum Gasteiger partial charge on any atom is 0.309 e. The second kappa shape index (κ2) is 10.2. The standard InChI is InChI=1S/C29H32BrO3Si/c1-5-32-27(31)20-29(17-16-21-18-25(28(2,3)4)26(30)19-24(21)29)33-34(22-12-8-6-9-13-22)23-14-10-7-11-15-23/h6-15,18-19H,5,16-17,20H2,1-4H3. The molecule has 0 aromatic heterocycles. The van der Waals surface area contributed by atoms with Crippen LogP contribution in [0.15, 0.2) is 77.3 Å². The van der Waals surface area contributed by atoms with Gasteiger partial charge in [-0.2, -0.15) is 0 Å². The van der Waals surface area contributed by atoms with Gasteiger partial charge in [-0.15, -0.1) is 0 Å². The molecule has 5 heteroatoms. The van der Waals surface area contributed by atoms with Crippen molar-refractivity contribution in [1.29, 1.82) is 0 Å². The van der Waals surface area contributed by atoms with Gasteiger partial charge in [0.15, 0.2) is 0 Å². The number of esters is 1. The largest absolute Gasteiger partial charge is 0.466 e. The minimum Gasteiger partial charge on any atom is -0.466 e. The van der Waals surface area contributed by atoms with E-state index in [0.29, 0.717) is 6.61 Å². The van der Waals surface area contributed by atoms with Gasteiger partial charge in [0.25, 0.3) is 9.04 Å². The summed E-state index contributed by atoms with van der Waals surface area (Å²) in [6, 6.07) is 25.3. The summed E-state index contributed by atoms with van der Waals surface area (Å²) in [5.74, 6) is -0.214. The molecule has 1 radical (unpaired) electrons. The van der Waals surface area contributed by atoms with Gasteiger partial charge in [0.05, 0.1) is 18.6 Å². The molecule has 3 aromatic rings. The number of halogens is 1. The van der Waals surface area contributed by atoms with Crippen LogP contribution in [0.2, 0.25) is 0 Å². The van der Waals surface area contributed by atoms with Crippen LogP contribution in [0.1, 0.15) is 57.2 Å². The maximum absolute atomic E-state index is 12.9. The van der Waals surface area contributed by atoms with E-state index in [9.17, 15) is 4.79 Å². The van der Waals surface area contributed by atoms with Gasteiger partial charge in [-0.1, -0.05) is 103 Å². The molecule has 0 N–H and O–H groups in total. The zero-order valence-electron chi connectivity index (χ0n) is 20.4. The SMILES string of the molecule is CCOC(=O)CC1(O[Si](c2ccccc2)c2ccccc2)CCc2cc(C(C)(C)C)c(Br)cc21. The van der Waals surface area contributed by atoms with E-state index in [1.807, 2.05) is 19.1 Å². The lowest BCUT2D eigenvalue weighted by molar-refractivity contribution is -0.148. The molecular weight excluding hydrogens is 504 g/mol. The number of rotatable bonds is 7. The topological polar surface area (TPSA) is 35.5 Å². The number of carbonyl (C=O) groups excluding carboxylic acids is 1. The van der Waals surface area contributed by atoms with Gasteiger partial charge in [0.1, 0.15) is 0 Å². The van der Waals surface area contributed by atoms with E-state index in [4.69, 9.17) is 9.16 Å². The molecule has 0 saturated heterocycles. The molecule has 0 saturated carbocycles. The highest BCUT2D eigenvalue weighted by molar-refractivity contribution is 9.10. The van der Waals surface area contributed by atoms with Crippen molar-refractivity contribution in [3.63, 3.8) is 0 Å². The Morgan fingerprint density at radius 2 is 1.59 bits per heavy atom. The van der Waals surface area contributed by atoms with Gasteiger partial charge in [0, 0.05) is 4.47 Å². The quantitative estimate of drug-likeness (QED) is 0.289. The molecule has 1 unspecified atom stereocenters. The normalized spacial score (nSPS) is 17.6. The number of carbonyl (C=O) groups is 1. The predicted molar refractivity (Wildman–Crippen MR) is 143 cm³/mol. The van der Waals surface area contributed by atoms with E-state index in [-0.39, 0.29) is 17.8 Å². The molecule has 1 aliphatic rings. The molecule has 1 atom stereocenters. The third kappa shape index (κ3) is 5.22. The fourth-order valence-corrected chi connectivity index (χ4v) is 7.90. The van der Waals surface area contributed by atoms with Crippen molar-refractivity contribution >= 4 is 41.3 Å². The highest BCUT2D eigenvalue weighted by Gasteiger charge is 2.45. The molecule has 0 spiro atoms. The lowest BCUT2D eigenvalue weighted by Gasteiger charge is -2.35. The lowest BCUT2D eigenvalue weighted by Crippen LogP contribution is -2.50. The Morgan fingerprint density at radius 1 is 1.00 bits per heavy atom. The van der Waals surface area contributed by atoms with Gasteiger partial charge in [-0.05, 0) is 58.3 Å². The summed E-state index contributed by atoms with van der Waals surface area (Å²) in [4.78, 5) is 12.9. The highest BCUT2D eigenvalue weighted by Crippen LogP contribution is 2.46. The number of hydrogen-bond acceptors (Lipinski definition) is 3. The van der Waals surface area contributed by atoms with Crippen molar-refractivity contribution < 1.29 is 14.0 Å². The first kappa shape index (κ1) is 24.9. The Morgan fingerprint density at radius 3 is 2.12 bits per heavy atom. The summed E-state index contributed by atoms with van der Waals surface area (Å²) in [7, 11) is -1.62. The smallest absolute Gasteiger partial charge is 0.309 e. The van der Waals surface area contributed by atoms with E-state index in [1.165, 1.54) is 21.5 Å². The third-order valence-electron chi connectivity index (χ3n) is 6.39. The second-order valence-corrected chi connectivity index (χ2v) is 12.7. The molecule has 0 heterocycles. The third-order valence-corrected chi connectivity index (χ3v) is 9.36. The van der Waals surface area contributed by atoms with Gasteiger partial charge in [0.2, 0.25) is 0 Å². The molecule has 3 aromatic carbocycles. The van der Waals surface area contributed by atoms with Gasteiger partial charge in [-0.3, -0.25) is 4.79 Å². The Labute approximate surface area is 213 Å². The predicted octanol–water partition coefficient (Wildman–Crippen LogP) is 5.66. The van der Waals surface area contributed by atoms with Crippen LogP contribution >= 0.6 is 15.9 Å². The second-order valence-electron chi connectivity index (χ2n) is 9.88. The minimum absolute atomic E-state index is 0.0180. The summed E-state index contributed by atoms with van der Waals surface area (Å²) in [5, 5.41) is 2.33. The zero-order valence-corrected chi connectivity index (χ0v) is 22.9. The summed E-state index contributed by atoms with van der Waals surface area (Å²) >= 11 is 3.83. The Kier molecular flexibility index (Phi) is 7.46. The first-order valence-electron chi connectivity index (χ1n) is 11.9. The Hall–Kier alpha value is -2.21. The average Bonchev–Trinajstić information content (AvgIpc) is 3.14. The van der Waals surface area contributed by atoms with Gasteiger partial charge >= 0.3 is 5.97 Å². The molecule has 177 valence electrons. The number of ether oxygens (including phenoxy) is 1. The molecule has 0 fully saturated rings. The summed E-state index contributed by atoms with van der Waals surface area (Å²) in [6.45, 7) is 8.89. The molecule has 0 bridgehead atoms. The van der Waals surface area contributed by atoms with Crippen LogP contribution in [0.4, 0.5) is 0 Å². The van der Waals surface area contributed by atoms with Crippen LogP contribution in [-0.2, 0) is 31.4 Å².